The molecule has 0 radical (unpaired) electrons. The molecule has 18 heavy (non-hydrogen) atoms. The van der Waals surface area contributed by atoms with Gasteiger partial charge in [-0.2, -0.15) is 0 Å². The predicted molar refractivity (Wildman–Crippen MR) is 73.1 cm³/mol. The minimum Gasteiger partial charge on any atom is -0.321 e. The topological polar surface area (TPSA) is 26.0 Å². The first kappa shape index (κ1) is 13.1. The lowest BCUT2D eigenvalue weighted by Crippen LogP contribution is -2.35. The lowest BCUT2D eigenvalue weighted by molar-refractivity contribution is 0.491. The zero-order valence-corrected chi connectivity index (χ0v) is 10.9. The Hall–Kier alpha value is -1.38. The smallest absolute Gasteiger partial charge is 0.123 e. The quantitative estimate of drug-likeness (QED) is 0.893. The van der Waals surface area contributed by atoms with Crippen LogP contribution < -0.4 is 5.73 Å². The van der Waals surface area contributed by atoms with Gasteiger partial charge in [0.2, 0.25) is 0 Å². The Labute approximate surface area is 111 Å². The summed E-state index contributed by atoms with van der Waals surface area (Å²) in [5, 5.41) is 0.657. The molecule has 0 bridgehead atoms. The molecule has 0 aliphatic carbocycles. The van der Waals surface area contributed by atoms with Crippen molar-refractivity contribution in [1.82, 2.24) is 0 Å². The lowest BCUT2D eigenvalue weighted by atomic mass is 9.86. The molecule has 0 fully saturated rings. The Kier molecular flexibility index (Phi) is 3.69. The van der Waals surface area contributed by atoms with Gasteiger partial charge in [0.25, 0.3) is 0 Å². The molecule has 0 spiro atoms. The van der Waals surface area contributed by atoms with E-state index in [1.165, 1.54) is 12.1 Å². The first-order valence-electron chi connectivity index (χ1n) is 5.77. The van der Waals surface area contributed by atoms with E-state index in [0.29, 0.717) is 11.4 Å². The van der Waals surface area contributed by atoms with E-state index in [4.69, 9.17) is 17.3 Å². The Morgan fingerprint density at radius 2 is 1.72 bits per heavy atom. The second kappa shape index (κ2) is 5.09. The Bertz CT molecular complexity index is 534. The van der Waals surface area contributed by atoms with Crippen molar-refractivity contribution >= 4 is 11.6 Å². The summed E-state index contributed by atoms with van der Waals surface area (Å²) in [6, 6.07) is 13.9. The van der Waals surface area contributed by atoms with Gasteiger partial charge in [-0.3, -0.25) is 0 Å². The van der Waals surface area contributed by atoms with E-state index in [-0.39, 0.29) is 5.82 Å². The maximum Gasteiger partial charge on any atom is 0.123 e. The lowest BCUT2D eigenvalue weighted by Gasteiger charge is -2.26. The van der Waals surface area contributed by atoms with Gasteiger partial charge in [-0.05, 0) is 42.7 Å². The summed E-state index contributed by atoms with van der Waals surface area (Å²) >= 11 is 6.16. The van der Waals surface area contributed by atoms with Crippen molar-refractivity contribution in [2.24, 2.45) is 5.73 Å². The summed E-state index contributed by atoms with van der Waals surface area (Å²) in [7, 11) is 0. The molecule has 2 aromatic rings. The van der Waals surface area contributed by atoms with Crippen molar-refractivity contribution in [2.75, 3.05) is 0 Å². The molecule has 1 atom stereocenters. The van der Waals surface area contributed by atoms with Gasteiger partial charge in [0.15, 0.2) is 0 Å². The molecule has 0 aromatic heterocycles. The third kappa shape index (κ3) is 2.89. The van der Waals surface area contributed by atoms with E-state index in [0.717, 1.165) is 11.1 Å². The summed E-state index contributed by atoms with van der Waals surface area (Å²) in [5.74, 6) is -0.241. The fourth-order valence-electron chi connectivity index (χ4n) is 2.05. The molecule has 94 valence electrons. The summed E-state index contributed by atoms with van der Waals surface area (Å²) in [6.45, 7) is 1.93. The molecule has 0 saturated carbocycles. The van der Waals surface area contributed by atoms with Gasteiger partial charge in [0, 0.05) is 10.6 Å². The van der Waals surface area contributed by atoms with Gasteiger partial charge in [-0.1, -0.05) is 41.9 Å². The van der Waals surface area contributed by atoms with Crippen LogP contribution in [0.5, 0.6) is 0 Å². The van der Waals surface area contributed by atoms with Crippen molar-refractivity contribution in [3.05, 3.63) is 70.5 Å². The molecular weight excluding hydrogens is 249 g/mol. The molecule has 1 nitrogen and oxygen atoms in total. The molecule has 0 heterocycles. The average Bonchev–Trinajstić information content (AvgIpc) is 2.32. The Morgan fingerprint density at radius 3 is 2.33 bits per heavy atom. The first-order chi connectivity index (χ1) is 8.49. The normalized spacial score (nSPS) is 14.2. The van der Waals surface area contributed by atoms with Crippen LogP contribution in [0.25, 0.3) is 0 Å². The monoisotopic (exact) mass is 263 g/mol. The van der Waals surface area contributed by atoms with E-state index < -0.39 is 5.54 Å². The maximum absolute atomic E-state index is 12.9. The number of hydrogen-bond donors (Lipinski definition) is 1. The van der Waals surface area contributed by atoms with Crippen LogP contribution in [-0.2, 0) is 12.0 Å². The number of benzene rings is 2. The van der Waals surface area contributed by atoms with Gasteiger partial charge < -0.3 is 5.73 Å². The van der Waals surface area contributed by atoms with E-state index in [9.17, 15) is 4.39 Å². The molecule has 0 aliphatic heterocycles. The van der Waals surface area contributed by atoms with Crippen molar-refractivity contribution in [2.45, 2.75) is 18.9 Å². The maximum atomic E-state index is 12.9. The van der Waals surface area contributed by atoms with Crippen LogP contribution in [0.3, 0.4) is 0 Å². The Morgan fingerprint density at radius 1 is 1.11 bits per heavy atom. The van der Waals surface area contributed by atoms with Gasteiger partial charge in [-0.25, -0.2) is 4.39 Å². The fourth-order valence-corrected chi connectivity index (χ4v) is 2.40. The van der Waals surface area contributed by atoms with E-state index in [1.54, 1.807) is 12.1 Å². The average molecular weight is 264 g/mol. The summed E-state index contributed by atoms with van der Waals surface area (Å²) in [4.78, 5) is 0. The van der Waals surface area contributed by atoms with Crippen molar-refractivity contribution in [1.29, 1.82) is 0 Å². The van der Waals surface area contributed by atoms with E-state index in [1.807, 2.05) is 31.2 Å². The molecule has 2 N–H and O–H groups in total. The zero-order chi connectivity index (χ0) is 13.2. The van der Waals surface area contributed by atoms with Gasteiger partial charge in [0.1, 0.15) is 5.82 Å². The second-order valence-electron chi connectivity index (χ2n) is 4.70. The molecule has 2 aromatic carbocycles. The van der Waals surface area contributed by atoms with E-state index in [2.05, 4.69) is 0 Å². The molecule has 0 aliphatic rings. The molecule has 2 rings (SSSR count). The molecule has 0 saturated heterocycles. The third-order valence-electron chi connectivity index (χ3n) is 2.97. The number of halogens is 2. The van der Waals surface area contributed by atoms with Crippen LogP contribution in [0.4, 0.5) is 4.39 Å². The zero-order valence-electron chi connectivity index (χ0n) is 10.2. The van der Waals surface area contributed by atoms with Crippen LogP contribution in [0.15, 0.2) is 48.5 Å². The van der Waals surface area contributed by atoms with Crippen LogP contribution >= 0.6 is 11.6 Å². The van der Waals surface area contributed by atoms with Crippen LogP contribution in [0, 0.1) is 5.82 Å². The highest BCUT2D eigenvalue weighted by Gasteiger charge is 2.23. The largest absolute Gasteiger partial charge is 0.321 e. The molecular formula is C15H15ClFN. The van der Waals surface area contributed by atoms with Gasteiger partial charge >= 0.3 is 0 Å². The van der Waals surface area contributed by atoms with Gasteiger partial charge in [-0.15, -0.1) is 0 Å². The van der Waals surface area contributed by atoms with Crippen molar-refractivity contribution in [3.8, 4) is 0 Å². The van der Waals surface area contributed by atoms with Crippen molar-refractivity contribution in [3.63, 3.8) is 0 Å². The van der Waals surface area contributed by atoms with Crippen LogP contribution in [0.1, 0.15) is 18.1 Å². The fraction of sp³-hybridized carbons (Fsp3) is 0.200. The third-order valence-corrected chi connectivity index (χ3v) is 3.30. The van der Waals surface area contributed by atoms with Crippen molar-refractivity contribution < 1.29 is 4.39 Å². The highest BCUT2D eigenvalue weighted by molar-refractivity contribution is 6.31. The number of hydrogen-bond acceptors (Lipinski definition) is 1. The molecule has 1 unspecified atom stereocenters. The second-order valence-corrected chi connectivity index (χ2v) is 5.11. The number of nitrogens with two attached hydrogens (primary N) is 1. The predicted octanol–water partition coefficient (Wildman–Crippen LogP) is 3.90. The Balaban J connectivity index is 2.27. The van der Waals surface area contributed by atoms with E-state index >= 15 is 0 Å². The standard InChI is InChI=1S/C15H15ClFN/c1-15(18,13-4-2-3-5-14(13)16)10-11-6-8-12(17)9-7-11/h2-9H,10,18H2,1H3. The highest BCUT2D eigenvalue weighted by atomic mass is 35.5. The first-order valence-corrected chi connectivity index (χ1v) is 6.15. The van der Waals surface area contributed by atoms with Gasteiger partial charge in [0.05, 0.1) is 0 Å². The minimum absolute atomic E-state index is 0.241. The molecule has 3 heteroatoms. The van der Waals surface area contributed by atoms with Crippen LogP contribution in [-0.4, -0.2) is 0 Å². The number of rotatable bonds is 3. The molecule has 0 amide bonds. The summed E-state index contributed by atoms with van der Waals surface area (Å²) < 4.78 is 12.9. The highest BCUT2D eigenvalue weighted by Crippen LogP contribution is 2.28. The SMILES string of the molecule is CC(N)(Cc1ccc(F)cc1)c1ccccc1Cl. The van der Waals surface area contributed by atoms with Crippen LogP contribution in [0.2, 0.25) is 5.02 Å². The summed E-state index contributed by atoms with van der Waals surface area (Å²) in [6.07, 6.45) is 0.608. The summed E-state index contributed by atoms with van der Waals surface area (Å²) in [5.41, 5.74) is 7.64. The minimum atomic E-state index is -0.573.